The molecule has 0 bridgehead atoms. The van der Waals surface area contributed by atoms with Crippen LogP contribution >= 0.6 is 0 Å². The Morgan fingerprint density at radius 1 is 1.05 bits per heavy atom. The van der Waals surface area contributed by atoms with Gasteiger partial charge in [-0.15, -0.1) is 0 Å². The molecule has 0 saturated heterocycles. The molecule has 1 unspecified atom stereocenters. The number of ketones is 1. The molecule has 1 aliphatic rings. The second kappa shape index (κ2) is 5.87. The first-order valence-corrected chi connectivity index (χ1v) is 7.31. The minimum atomic E-state index is -0.818. The highest BCUT2D eigenvalue weighted by Crippen LogP contribution is 2.29. The molecule has 0 aromatic heterocycles. The summed E-state index contributed by atoms with van der Waals surface area (Å²) in [7, 11) is 0. The first-order valence-electron chi connectivity index (χ1n) is 7.31. The molecule has 0 radical (unpaired) electrons. The van der Waals surface area contributed by atoms with Crippen molar-refractivity contribution in [2.75, 3.05) is 0 Å². The standard InChI is InChI=1S/C17H24O2/c1-11-9-13(3)15(10-12(11)2)17(19)16(18)14-7-5-4-6-8-14/h9-10,14,16,18H,4-8H2,1-3H3. The van der Waals surface area contributed by atoms with Crippen molar-refractivity contribution in [2.24, 2.45) is 5.92 Å². The zero-order chi connectivity index (χ0) is 14.0. The van der Waals surface area contributed by atoms with Crippen molar-refractivity contribution < 1.29 is 9.90 Å². The van der Waals surface area contributed by atoms with Gasteiger partial charge in [0, 0.05) is 5.56 Å². The quantitative estimate of drug-likeness (QED) is 0.841. The van der Waals surface area contributed by atoms with Gasteiger partial charge in [-0.05, 0) is 62.3 Å². The SMILES string of the molecule is Cc1cc(C)c(C(=O)C(O)C2CCCCC2)cc1C. The molecular formula is C17H24O2. The smallest absolute Gasteiger partial charge is 0.191 e. The zero-order valence-electron chi connectivity index (χ0n) is 12.2. The fourth-order valence-electron chi connectivity index (χ4n) is 3.05. The number of aryl methyl sites for hydroxylation is 3. The van der Waals surface area contributed by atoms with Gasteiger partial charge in [0.2, 0.25) is 0 Å². The molecule has 2 heteroatoms. The van der Waals surface area contributed by atoms with E-state index in [2.05, 4.69) is 0 Å². The van der Waals surface area contributed by atoms with Crippen LogP contribution < -0.4 is 0 Å². The summed E-state index contributed by atoms with van der Waals surface area (Å²) < 4.78 is 0. The number of hydrogen-bond acceptors (Lipinski definition) is 2. The predicted octanol–water partition coefficient (Wildman–Crippen LogP) is 3.74. The van der Waals surface area contributed by atoms with Crippen LogP contribution in [-0.2, 0) is 0 Å². The molecule has 1 aromatic rings. The van der Waals surface area contributed by atoms with Gasteiger partial charge in [0.1, 0.15) is 6.10 Å². The van der Waals surface area contributed by atoms with E-state index in [0.717, 1.165) is 36.8 Å². The van der Waals surface area contributed by atoms with Crippen molar-refractivity contribution in [1.82, 2.24) is 0 Å². The largest absolute Gasteiger partial charge is 0.385 e. The fraction of sp³-hybridized carbons (Fsp3) is 0.588. The van der Waals surface area contributed by atoms with Crippen LogP contribution in [0, 0.1) is 26.7 Å². The lowest BCUT2D eigenvalue weighted by Crippen LogP contribution is -2.31. The number of carbonyl (C=O) groups is 1. The van der Waals surface area contributed by atoms with Crippen molar-refractivity contribution in [1.29, 1.82) is 0 Å². The summed E-state index contributed by atoms with van der Waals surface area (Å²) in [6.45, 7) is 6.01. The fourth-order valence-corrected chi connectivity index (χ4v) is 3.05. The van der Waals surface area contributed by atoms with Crippen LogP contribution in [0.25, 0.3) is 0 Å². The molecule has 1 aromatic carbocycles. The number of rotatable bonds is 3. The van der Waals surface area contributed by atoms with Crippen molar-refractivity contribution in [3.8, 4) is 0 Å². The van der Waals surface area contributed by atoms with Crippen LogP contribution in [-0.4, -0.2) is 17.0 Å². The van der Waals surface area contributed by atoms with Gasteiger partial charge in [-0.1, -0.05) is 25.3 Å². The third-order valence-electron chi connectivity index (χ3n) is 4.47. The highest BCUT2D eigenvalue weighted by molar-refractivity contribution is 6.01. The van der Waals surface area contributed by atoms with E-state index in [1.807, 2.05) is 32.9 Å². The van der Waals surface area contributed by atoms with Crippen molar-refractivity contribution in [3.63, 3.8) is 0 Å². The van der Waals surface area contributed by atoms with Gasteiger partial charge in [-0.25, -0.2) is 0 Å². The number of aliphatic hydroxyl groups is 1. The van der Waals surface area contributed by atoms with Crippen LogP contribution in [0.1, 0.15) is 59.2 Å². The van der Waals surface area contributed by atoms with E-state index in [9.17, 15) is 9.90 Å². The molecule has 1 atom stereocenters. The number of carbonyl (C=O) groups excluding carboxylic acids is 1. The maximum Gasteiger partial charge on any atom is 0.191 e. The van der Waals surface area contributed by atoms with E-state index in [0.29, 0.717) is 5.56 Å². The Bertz CT molecular complexity index is 470. The number of Topliss-reactive ketones (excluding diaryl/α,β-unsaturated/α-hetero) is 1. The van der Waals surface area contributed by atoms with Gasteiger partial charge in [-0.3, -0.25) is 4.79 Å². The lowest BCUT2D eigenvalue weighted by Gasteiger charge is -2.26. The molecule has 0 amide bonds. The summed E-state index contributed by atoms with van der Waals surface area (Å²) in [6, 6.07) is 3.97. The molecule has 1 saturated carbocycles. The Labute approximate surface area is 115 Å². The van der Waals surface area contributed by atoms with Crippen LogP contribution in [0.4, 0.5) is 0 Å². The summed E-state index contributed by atoms with van der Waals surface area (Å²) in [6.07, 6.45) is 4.66. The Hall–Kier alpha value is -1.15. The van der Waals surface area contributed by atoms with Crippen molar-refractivity contribution >= 4 is 5.78 Å². The van der Waals surface area contributed by atoms with Crippen molar-refractivity contribution in [3.05, 3.63) is 34.4 Å². The minimum absolute atomic E-state index is 0.0903. The summed E-state index contributed by atoms with van der Waals surface area (Å²) in [4.78, 5) is 12.5. The highest BCUT2D eigenvalue weighted by atomic mass is 16.3. The van der Waals surface area contributed by atoms with E-state index < -0.39 is 6.10 Å². The molecule has 1 aliphatic carbocycles. The van der Waals surface area contributed by atoms with Crippen LogP contribution in [0.2, 0.25) is 0 Å². The zero-order valence-corrected chi connectivity index (χ0v) is 12.2. The molecule has 2 rings (SSSR count). The second-order valence-electron chi connectivity index (χ2n) is 5.96. The Balaban J connectivity index is 2.21. The average Bonchev–Trinajstić information content (AvgIpc) is 2.42. The number of hydrogen-bond donors (Lipinski definition) is 1. The van der Waals surface area contributed by atoms with Crippen LogP contribution in [0.5, 0.6) is 0 Å². The summed E-state index contributed by atoms with van der Waals surface area (Å²) in [5, 5.41) is 10.3. The van der Waals surface area contributed by atoms with Crippen molar-refractivity contribution in [2.45, 2.75) is 59.0 Å². The van der Waals surface area contributed by atoms with E-state index in [4.69, 9.17) is 0 Å². The molecule has 0 aliphatic heterocycles. The van der Waals surface area contributed by atoms with Gasteiger partial charge in [0.15, 0.2) is 5.78 Å². The van der Waals surface area contributed by atoms with Gasteiger partial charge in [0.25, 0.3) is 0 Å². The van der Waals surface area contributed by atoms with Gasteiger partial charge < -0.3 is 5.11 Å². The molecule has 0 spiro atoms. The normalized spacial score (nSPS) is 18.3. The van der Waals surface area contributed by atoms with E-state index in [1.54, 1.807) is 0 Å². The lowest BCUT2D eigenvalue weighted by atomic mass is 9.82. The average molecular weight is 260 g/mol. The minimum Gasteiger partial charge on any atom is -0.385 e. The van der Waals surface area contributed by atoms with Crippen LogP contribution in [0.3, 0.4) is 0 Å². The van der Waals surface area contributed by atoms with E-state index in [-0.39, 0.29) is 11.7 Å². The maximum atomic E-state index is 12.5. The maximum absolute atomic E-state index is 12.5. The van der Waals surface area contributed by atoms with E-state index in [1.165, 1.54) is 12.0 Å². The molecule has 2 nitrogen and oxygen atoms in total. The van der Waals surface area contributed by atoms with Gasteiger partial charge in [-0.2, -0.15) is 0 Å². The first kappa shape index (κ1) is 14.3. The van der Waals surface area contributed by atoms with Gasteiger partial charge >= 0.3 is 0 Å². The third kappa shape index (κ3) is 3.06. The first-order chi connectivity index (χ1) is 9.00. The predicted molar refractivity (Wildman–Crippen MR) is 77.6 cm³/mol. The summed E-state index contributed by atoms with van der Waals surface area (Å²) >= 11 is 0. The van der Waals surface area contributed by atoms with Gasteiger partial charge in [0.05, 0.1) is 0 Å². The highest BCUT2D eigenvalue weighted by Gasteiger charge is 2.29. The number of benzene rings is 1. The Kier molecular flexibility index (Phi) is 4.41. The lowest BCUT2D eigenvalue weighted by molar-refractivity contribution is 0.0534. The summed E-state index contributed by atoms with van der Waals surface area (Å²) in [5.41, 5.74) is 3.98. The summed E-state index contributed by atoms with van der Waals surface area (Å²) in [5.74, 6) is 0.0646. The number of aliphatic hydroxyl groups excluding tert-OH is 1. The molecule has 0 heterocycles. The van der Waals surface area contributed by atoms with E-state index >= 15 is 0 Å². The molecular weight excluding hydrogens is 236 g/mol. The Morgan fingerprint density at radius 2 is 1.63 bits per heavy atom. The molecule has 1 N–H and O–H groups in total. The van der Waals surface area contributed by atoms with Crippen LogP contribution in [0.15, 0.2) is 12.1 Å². The second-order valence-corrected chi connectivity index (χ2v) is 5.96. The monoisotopic (exact) mass is 260 g/mol. The molecule has 1 fully saturated rings. The Morgan fingerprint density at radius 3 is 2.26 bits per heavy atom. The molecule has 19 heavy (non-hydrogen) atoms. The topological polar surface area (TPSA) is 37.3 Å². The molecule has 104 valence electrons. The third-order valence-corrected chi connectivity index (χ3v) is 4.47.